The second-order valence-corrected chi connectivity index (χ2v) is 5.17. The van der Waals surface area contributed by atoms with Gasteiger partial charge in [0.05, 0.1) is 5.69 Å². The number of nitrogens with one attached hydrogen (secondary N) is 1. The van der Waals surface area contributed by atoms with Crippen LogP contribution in [0.5, 0.6) is 5.75 Å². The number of hydrogen-bond donors (Lipinski definition) is 2. The SMILES string of the molecule is Cc1nc(Nc2cccc3cnccc23)c(C)c(C)c1O. The molecule has 0 aliphatic rings. The van der Waals surface area contributed by atoms with Crippen molar-refractivity contribution in [2.45, 2.75) is 20.8 Å². The van der Waals surface area contributed by atoms with Crippen LogP contribution in [-0.4, -0.2) is 15.1 Å². The quantitative estimate of drug-likeness (QED) is 0.744. The van der Waals surface area contributed by atoms with Crippen LogP contribution in [0.1, 0.15) is 16.8 Å². The van der Waals surface area contributed by atoms with Crippen LogP contribution in [0, 0.1) is 20.8 Å². The molecule has 3 aromatic rings. The lowest BCUT2D eigenvalue weighted by atomic mass is 10.1. The van der Waals surface area contributed by atoms with Crippen molar-refractivity contribution in [1.29, 1.82) is 0 Å². The topological polar surface area (TPSA) is 58.0 Å². The Hall–Kier alpha value is -2.62. The van der Waals surface area contributed by atoms with Gasteiger partial charge in [0.2, 0.25) is 0 Å². The van der Waals surface area contributed by atoms with Crippen LogP contribution in [0.3, 0.4) is 0 Å². The summed E-state index contributed by atoms with van der Waals surface area (Å²) in [7, 11) is 0. The van der Waals surface area contributed by atoms with E-state index in [9.17, 15) is 5.11 Å². The van der Waals surface area contributed by atoms with E-state index >= 15 is 0 Å². The Labute approximate surface area is 123 Å². The van der Waals surface area contributed by atoms with Gasteiger partial charge >= 0.3 is 0 Å². The van der Waals surface area contributed by atoms with Gasteiger partial charge in [0.15, 0.2) is 0 Å². The molecular formula is C17H17N3O. The van der Waals surface area contributed by atoms with Gasteiger partial charge in [-0.25, -0.2) is 4.98 Å². The van der Waals surface area contributed by atoms with Crippen molar-refractivity contribution in [3.8, 4) is 5.75 Å². The van der Waals surface area contributed by atoms with Gasteiger partial charge in [-0.3, -0.25) is 4.98 Å². The fraction of sp³-hybridized carbons (Fsp3) is 0.176. The number of aromatic nitrogens is 2. The first-order valence-electron chi connectivity index (χ1n) is 6.84. The molecule has 0 saturated heterocycles. The van der Waals surface area contributed by atoms with Crippen LogP contribution in [0.15, 0.2) is 36.7 Å². The van der Waals surface area contributed by atoms with E-state index in [0.717, 1.165) is 33.4 Å². The molecule has 0 aliphatic carbocycles. The van der Waals surface area contributed by atoms with Gasteiger partial charge < -0.3 is 10.4 Å². The van der Waals surface area contributed by atoms with E-state index in [2.05, 4.69) is 15.3 Å². The lowest BCUT2D eigenvalue weighted by Gasteiger charge is -2.15. The fourth-order valence-corrected chi connectivity index (χ4v) is 2.41. The molecule has 0 fully saturated rings. The predicted octanol–water partition coefficient (Wildman–Crippen LogP) is 4.00. The number of hydrogen-bond acceptors (Lipinski definition) is 4. The molecule has 0 radical (unpaired) electrons. The third kappa shape index (κ3) is 2.29. The molecule has 0 spiro atoms. The van der Waals surface area contributed by atoms with Crippen LogP contribution in [0.2, 0.25) is 0 Å². The van der Waals surface area contributed by atoms with E-state index in [-0.39, 0.29) is 5.75 Å². The van der Waals surface area contributed by atoms with Gasteiger partial charge in [-0.15, -0.1) is 0 Å². The lowest BCUT2D eigenvalue weighted by molar-refractivity contribution is 0.463. The Morgan fingerprint density at radius 2 is 1.86 bits per heavy atom. The standard InChI is InChI=1S/C17H17N3O/c1-10-11(2)17(19-12(3)16(10)21)20-15-6-4-5-13-9-18-8-7-14(13)15/h4-9,21H,1-3H3,(H,19,20). The zero-order valence-electron chi connectivity index (χ0n) is 12.3. The van der Waals surface area contributed by atoms with Crippen LogP contribution >= 0.6 is 0 Å². The Kier molecular flexibility index (Phi) is 3.22. The highest BCUT2D eigenvalue weighted by molar-refractivity contribution is 5.94. The summed E-state index contributed by atoms with van der Waals surface area (Å²) >= 11 is 0. The second kappa shape index (κ2) is 5.05. The average Bonchev–Trinajstić information content (AvgIpc) is 2.51. The minimum absolute atomic E-state index is 0.264. The second-order valence-electron chi connectivity index (χ2n) is 5.17. The first-order chi connectivity index (χ1) is 10.1. The van der Waals surface area contributed by atoms with E-state index in [0.29, 0.717) is 5.69 Å². The summed E-state index contributed by atoms with van der Waals surface area (Å²) in [6, 6.07) is 8.01. The third-order valence-corrected chi connectivity index (χ3v) is 3.83. The Morgan fingerprint density at radius 1 is 1.05 bits per heavy atom. The van der Waals surface area contributed by atoms with Crippen LogP contribution in [0.25, 0.3) is 10.8 Å². The maximum atomic E-state index is 9.95. The summed E-state index contributed by atoms with van der Waals surface area (Å²) in [5, 5.41) is 15.5. The number of aryl methyl sites for hydroxylation is 1. The Balaban J connectivity index is 2.11. The molecule has 21 heavy (non-hydrogen) atoms. The molecule has 2 heterocycles. The maximum absolute atomic E-state index is 9.95. The molecule has 0 atom stereocenters. The van der Waals surface area contributed by atoms with E-state index in [1.165, 1.54) is 0 Å². The highest BCUT2D eigenvalue weighted by atomic mass is 16.3. The molecule has 0 unspecified atom stereocenters. The molecule has 4 heteroatoms. The number of fused-ring (bicyclic) bond motifs is 1. The van der Waals surface area contributed by atoms with Gasteiger partial charge in [-0.2, -0.15) is 0 Å². The van der Waals surface area contributed by atoms with Crippen molar-refractivity contribution in [2.75, 3.05) is 5.32 Å². The Morgan fingerprint density at radius 3 is 2.67 bits per heavy atom. The number of pyridine rings is 2. The molecule has 0 bridgehead atoms. The summed E-state index contributed by atoms with van der Waals surface area (Å²) < 4.78 is 0. The smallest absolute Gasteiger partial charge is 0.140 e. The number of benzene rings is 1. The van der Waals surface area contributed by atoms with Gasteiger partial charge in [0.1, 0.15) is 11.6 Å². The summed E-state index contributed by atoms with van der Waals surface area (Å²) in [6.45, 7) is 5.66. The molecule has 0 aliphatic heterocycles. The zero-order valence-corrected chi connectivity index (χ0v) is 12.3. The normalized spacial score (nSPS) is 10.8. The van der Waals surface area contributed by atoms with Crippen LogP contribution in [-0.2, 0) is 0 Å². The molecule has 0 saturated carbocycles. The molecular weight excluding hydrogens is 262 g/mol. The van der Waals surface area contributed by atoms with Crippen molar-refractivity contribution >= 4 is 22.3 Å². The van der Waals surface area contributed by atoms with Gasteiger partial charge in [0, 0.05) is 28.9 Å². The largest absolute Gasteiger partial charge is 0.506 e. The number of nitrogens with zero attached hydrogens (tertiary/aromatic N) is 2. The first-order valence-corrected chi connectivity index (χ1v) is 6.84. The monoisotopic (exact) mass is 279 g/mol. The van der Waals surface area contributed by atoms with Crippen LogP contribution in [0.4, 0.5) is 11.5 Å². The lowest BCUT2D eigenvalue weighted by Crippen LogP contribution is -2.01. The summed E-state index contributed by atoms with van der Waals surface area (Å²) in [5.41, 5.74) is 3.41. The molecule has 3 rings (SSSR count). The summed E-state index contributed by atoms with van der Waals surface area (Å²) in [4.78, 5) is 8.60. The molecule has 106 valence electrons. The van der Waals surface area contributed by atoms with Gasteiger partial charge in [-0.1, -0.05) is 12.1 Å². The molecule has 1 aromatic carbocycles. The van der Waals surface area contributed by atoms with Crippen molar-refractivity contribution in [3.05, 3.63) is 53.5 Å². The van der Waals surface area contributed by atoms with Crippen molar-refractivity contribution in [1.82, 2.24) is 9.97 Å². The van der Waals surface area contributed by atoms with Crippen molar-refractivity contribution in [3.63, 3.8) is 0 Å². The number of anilines is 2. The minimum atomic E-state index is 0.264. The zero-order chi connectivity index (χ0) is 15.0. The fourth-order valence-electron chi connectivity index (χ4n) is 2.41. The molecule has 2 aromatic heterocycles. The Bertz CT molecular complexity index is 822. The summed E-state index contributed by atoms with van der Waals surface area (Å²) in [6.07, 6.45) is 3.62. The van der Waals surface area contributed by atoms with E-state index in [1.54, 1.807) is 13.1 Å². The molecule has 4 nitrogen and oxygen atoms in total. The van der Waals surface area contributed by atoms with Gasteiger partial charge in [0.25, 0.3) is 0 Å². The minimum Gasteiger partial charge on any atom is -0.506 e. The molecule has 2 N–H and O–H groups in total. The highest BCUT2D eigenvalue weighted by Crippen LogP contribution is 2.31. The number of rotatable bonds is 2. The summed E-state index contributed by atoms with van der Waals surface area (Å²) in [5.74, 6) is 1.03. The molecule has 0 amide bonds. The predicted molar refractivity (Wildman–Crippen MR) is 85.1 cm³/mol. The highest BCUT2D eigenvalue weighted by Gasteiger charge is 2.11. The van der Waals surface area contributed by atoms with E-state index in [1.807, 2.05) is 44.3 Å². The third-order valence-electron chi connectivity index (χ3n) is 3.83. The number of aromatic hydroxyl groups is 1. The maximum Gasteiger partial charge on any atom is 0.140 e. The van der Waals surface area contributed by atoms with Crippen LogP contribution < -0.4 is 5.32 Å². The van der Waals surface area contributed by atoms with Crippen molar-refractivity contribution < 1.29 is 5.11 Å². The van der Waals surface area contributed by atoms with Gasteiger partial charge in [-0.05, 0) is 44.0 Å². The first kappa shape index (κ1) is 13.4. The van der Waals surface area contributed by atoms with E-state index < -0.39 is 0 Å². The van der Waals surface area contributed by atoms with Crippen molar-refractivity contribution in [2.24, 2.45) is 0 Å². The van der Waals surface area contributed by atoms with E-state index in [4.69, 9.17) is 0 Å². The average molecular weight is 279 g/mol.